The van der Waals surface area contributed by atoms with Crippen molar-refractivity contribution in [3.05, 3.63) is 47.0 Å². The molecule has 0 spiro atoms. The van der Waals surface area contributed by atoms with E-state index in [2.05, 4.69) is 24.0 Å². The number of hydrogen-bond donors (Lipinski definition) is 1. The predicted octanol–water partition coefficient (Wildman–Crippen LogP) is 4.27. The summed E-state index contributed by atoms with van der Waals surface area (Å²) in [6.45, 7) is 5.79. The van der Waals surface area contributed by atoms with Gasteiger partial charge in [-0.2, -0.15) is 0 Å². The van der Waals surface area contributed by atoms with Crippen LogP contribution >= 0.6 is 11.6 Å². The van der Waals surface area contributed by atoms with E-state index in [1.54, 1.807) is 0 Å². The molecule has 16 heavy (non-hydrogen) atoms. The molecule has 1 N–H and O–H groups in total. The number of aryl methyl sites for hydroxylation is 1. The minimum Gasteiger partial charge on any atom is -0.313 e. The van der Waals surface area contributed by atoms with Crippen LogP contribution in [0.3, 0.4) is 0 Å². The first kappa shape index (κ1) is 13.3. The van der Waals surface area contributed by atoms with Crippen molar-refractivity contribution in [3.63, 3.8) is 0 Å². The molecule has 0 saturated heterocycles. The first-order valence-corrected chi connectivity index (χ1v) is 6.11. The Balaban J connectivity index is 2.78. The molecule has 0 radical (unpaired) electrons. The van der Waals surface area contributed by atoms with Crippen LogP contribution in [0.5, 0.6) is 0 Å². The normalized spacial score (nSPS) is 12.4. The SMILES string of the molecule is C=CCCCC(NC)c1cccc(C)c1Cl. The van der Waals surface area contributed by atoms with E-state index in [0.717, 1.165) is 29.8 Å². The van der Waals surface area contributed by atoms with Crippen LogP contribution in [-0.4, -0.2) is 7.05 Å². The lowest BCUT2D eigenvalue weighted by Gasteiger charge is -2.18. The topological polar surface area (TPSA) is 12.0 Å². The summed E-state index contributed by atoms with van der Waals surface area (Å²) in [4.78, 5) is 0. The minimum atomic E-state index is 0.340. The average molecular weight is 238 g/mol. The van der Waals surface area contributed by atoms with Crippen LogP contribution in [0.4, 0.5) is 0 Å². The lowest BCUT2D eigenvalue weighted by molar-refractivity contribution is 0.530. The smallest absolute Gasteiger partial charge is 0.0482 e. The number of rotatable bonds is 6. The molecule has 0 bridgehead atoms. The first-order chi connectivity index (χ1) is 7.70. The molecule has 1 aromatic carbocycles. The van der Waals surface area contributed by atoms with E-state index in [9.17, 15) is 0 Å². The maximum absolute atomic E-state index is 6.32. The number of halogens is 1. The largest absolute Gasteiger partial charge is 0.313 e. The van der Waals surface area contributed by atoms with Crippen molar-refractivity contribution < 1.29 is 0 Å². The Labute approximate surface area is 104 Å². The molecule has 0 fully saturated rings. The monoisotopic (exact) mass is 237 g/mol. The number of unbranched alkanes of at least 4 members (excludes halogenated alkanes) is 1. The molecule has 1 aromatic rings. The zero-order chi connectivity index (χ0) is 12.0. The van der Waals surface area contributed by atoms with Gasteiger partial charge in [0.05, 0.1) is 0 Å². The Kier molecular flexibility index (Phi) is 5.58. The van der Waals surface area contributed by atoms with E-state index in [4.69, 9.17) is 11.6 Å². The van der Waals surface area contributed by atoms with Crippen molar-refractivity contribution in [2.75, 3.05) is 7.05 Å². The highest BCUT2D eigenvalue weighted by Gasteiger charge is 2.12. The zero-order valence-corrected chi connectivity index (χ0v) is 10.8. The summed E-state index contributed by atoms with van der Waals surface area (Å²) in [6, 6.07) is 6.55. The van der Waals surface area contributed by atoms with Crippen molar-refractivity contribution in [2.24, 2.45) is 0 Å². The molecule has 2 heteroatoms. The van der Waals surface area contributed by atoms with E-state index in [-0.39, 0.29) is 0 Å². The van der Waals surface area contributed by atoms with Gasteiger partial charge < -0.3 is 5.32 Å². The molecule has 0 aliphatic carbocycles. The summed E-state index contributed by atoms with van der Waals surface area (Å²) in [6.07, 6.45) is 5.25. The maximum atomic E-state index is 6.32. The van der Waals surface area contributed by atoms with Crippen LogP contribution in [0.2, 0.25) is 5.02 Å². The Morgan fingerprint density at radius 3 is 2.88 bits per heavy atom. The summed E-state index contributed by atoms with van der Waals surface area (Å²) in [5.74, 6) is 0. The van der Waals surface area contributed by atoms with E-state index < -0.39 is 0 Å². The third-order valence-electron chi connectivity index (χ3n) is 2.85. The van der Waals surface area contributed by atoms with Crippen LogP contribution in [0, 0.1) is 6.92 Å². The van der Waals surface area contributed by atoms with Crippen molar-refractivity contribution >= 4 is 11.6 Å². The molecule has 0 amide bonds. The summed E-state index contributed by atoms with van der Waals surface area (Å²) in [5, 5.41) is 4.22. The van der Waals surface area contributed by atoms with Gasteiger partial charge in [0.25, 0.3) is 0 Å². The molecule has 1 atom stereocenters. The van der Waals surface area contributed by atoms with Gasteiger partial charge >= 0.3 is 0 Å². The summed E-state index contributed by atoms with van der Waals surface area (Å²) in [7, 11) is 1.98. The third kappa shape index (κ3) is 3.36. The molecule has 1 rings (SSSR count). The maximum Gasteiger partial charge on any atom is 0.0482 e. The zero-order valence-electron chi connectivity index (χ0n) is 10.1. The van der Waals surface area contributed by atoms with Gasteiger partial charge in [-0.15, -0.1) is 6.58 Å². The summed E-state index contributed by atoms with van der Waals surface area (Å²) < 4.78 is 0. The molecule has 1 unspecified atom stereocenters. The molecule has 0 aliphatic heterocycles. The Morgan fingerprint density at radius 2 is 2.25 bits per heavy atom. The molecular formula is C14H20ClN. The highest BCUT2D eigenvalue weighted by atomic mass is 35.5. The number of allylic oxidation sites excluding steroid dienone is 1. The molecule has 0 saturated carbocycles. The van der Waals surface area contributed by atoms with E-state index in [0.29, 0.717) is 6.04 Å². The molecule has 88 valence electrons. The van der Waals surface area contributed by atoms with Crippen LogP contribution in [0.15, 0.2) is 30.9 Å². The number of benzene rings is 1. The molecule has 1 nitrogen and oxygen atoms in total. The van der Waals surface area contributed by atoms with Crippen LogP contribution in [-0.2, 0) is 0 Å². The highest BCUT2D eigenvalue weighted by molar-refractivity contribution is 6.32. The standard InChI is InChI=1S/C14H20ClN/c1-4-5-6-10-13(16-3)12-9-7-8-11(2)14(12)15/h4,7-9,13,16H,1,5-6,10H2,2-3H3. The van der Waals surface area contributed by atoms with Gasteiger partial charge in [-0.05, 0) is 44.4 Å². The fraction of sp³-hybridized carbons (Fsp3) is 0.429. The van der Waals surface area contributed by atoms with Crippen molar-refractivity contribution in [1.29, 1.82) is 0 Å². The second-order valence-electron chi connectivity index (χ2n) is 4.04. The fourth-order valence-corrected chi connectivity index (χ4v) is 2.12. The van der Waals surface area contributed by atoms with Gasteiger partial charge in [0, 0.05) is 11.1 Å². The van der Waals surface area contributed by atoms with E-state index >= 15 is 0 Å². The first-order valence-electron chi connectivity index (χ1n) is 5.74. The van der Waals surface area contributed by atoms with Gasteiger partial charge in [0.15, 0.2) is 0 Å². The van der Waals surface area contributed by atoms with Crippen molar-refractivity contribution in [1.82, 2.24) is 5.32 Å². The van der Waals surface area contributed by atoms with Crippen LogP contribution in [0.25, 0.3) is 0 Å². The summed E-state index contributed by atoms with van der Waals surface area (Å²) >= 11 is 6.32. The van der Waals surface area contributed by atoms with Crippen LogP contribution in [0.1, 0.15) is 36.4 Å². The third-order valence-corrected chi connectivity index (χ3v) is 3.36. The van der Waals surface area contributed by atoms with Crippen molar-refractivity contribution in [2.45, 2.75) is 32.2 Å². The molecule has 0 aromatic heterocycles. The van der Waals surface area contributed by atoms with Crippen LogP contribution < -0.4 is 5.32 Å². The number of nitrogens with one attached hydrogen (secondary N) is 1. The van der Waals surface area contributed by atoms with Gasteiger partial charge in [0.1, 0.15) is 0 Å². The quantitative estimate of drug-likeness (QED) is 0.576. The predicted molar refractivity (Wildman–Crippen MR) is 72.0 cm³/mol. The molecular weight excluding hydrogens is 218 g/mol. The second kappa shape index (κ2) is 6.72. The lowest BCUT2D eigenvalue weighted by Crippen LogP contribution is -2.16. The van der Waals surface area contributed by atoms with Crippen molar-refractivity contribution in [3.8, 4) is 0 Å². The molecule has 0 heterocycles. The number of hydrogen-bond acceptors (Lipinski definition) is 1. The molecule has 0 aliphatic rings. The highest BCUT2D eigenvalue weighted by Crippen LogP contribution is 2.28. The minimum absolute atomic E-state index is 0.340. The average Bonchev–Trinajstić information content (AvgIpc) is 2.29. The van der Waals surface area contributed by atoms with E-state index in [1.165, 1.54) is 5.56 Å². The fourth-order valence-electron chi connectivity index (χ4n) is 1.86. The van der Waals surface area contributed by atoms with Gasteiger partial charge in [-0.3, -0.25) is 0 Å². The van der Waals surface area contributed by atoms with Gasteiger partial charge in [0.2, 0.25) is 0 Å². The summed E-state index contributed by atoms with van der Waals surface area (Å²) in [5.41, 5.74) is 2.34. The van der Waals surface area contributed by atoms with E-state index in [1.807, 2.05) is 26.1 Å². The van der Waals surface area contributed by atoms with Gasteiger partial charge in [-0.25, -0.2) is 0 Å². The second-order valence-corrected chi connectivity index (χ2v) is 4.42. The lowest BCUT2D eigenvalue weighted by atomic mass is 9.99. The Bertz CT molecular complexity index is 347. The van der Waals surface area contributed by atoms with Gasteiger partial charge in [-0.1, -0.05) is 35.9 Å². The Morgan fingerprint density at radius 1 is 1.50 bits per heavy atom. The Hall–Kier alpha value is -0.790.